The van der Waals surface area contributed by atoms with Crippen molar-refractivity contribution in [2.24, 2.45) is 0 Å². The zero-order valence-corrected chi connectivity index (χ0v) is 2.73. The summed E-state index contributed by atoms with van der Waals surface area (Å²) in [7, 11) is 0. The Balaban J connectivity index is 2.31. The fraction of sp³-hybridized carbons (Fsp3) is 1.00. The van der Waals surface area contributed by atoms with Crippen LogP contribution in [-0.2, 0) is 9.84 Å². The first kappa shape index (κ1) is 2.16. The van der Waals surface area contributed by atoms with Crippen molar-refractivity contribution in [3.8, 4) is 0 Å². The van der Waals surface area contributed by atoms with Crippen molar-refractivity contribution in [3.05, 3.63) is 0 Å². The van der Waals surface area contributed by atoms with Crippen molar-refractivity contribution < 1.29 is 11.2 Å². The van der Waals surface area contributed by atoms with E-state index < -0.39 is 6.08 Å². The van der Waals surface area contributed by atoms with Crippen LogP contribution in [0.1, 0.15) is 1.37 Å². The van der Waals surface area contributed by atoms with Gasteiger partial charge in [-0.25, -0.2) is 5.11 Å². The highest BCUT2D eigenvalue weighted by Gasteiger charge is 2.14. The van der Waals surface area contributed by atoms with Crippen LogP contribution in [0.4, 0.5) is 0 Å². The molecule has 1 aliphatic heterocycles. The van der Waals surface area contributed by atoms with E-state index in [9.17, 15) is 5.11 Å². The lowest BCUT2D eigenvalue weighted by Crippen LogP contribution is -2.31. The molecule has 1 saturated heterocycles. The van der Waals surface area contributed by atoms with Crippen molar-refractivity contribution in [1.29, 1.82) is 0 Å². The van der Waals surface area contributed by atoms with Gasteiger partial charge >= 0.3 is 0 Å². The van der Waals surface area contributed by atoms with Crippen LogP contribution in [0.5, 0.6) is 0 Å². The molecule has 0 aromatic rings. The molecule has 1 heterocycles. The van der Waals surface area contributed by atoms with Crippen LogP contribution in [-0.4, -0.2) is 19.3 Å². The molecule has 0 aromatic heterocycles. The monoisotopic (exact) mass is 74.0 g/mol. The summed E-state index contributed by atoms with van der Waals surface area (Å²) >= 11 is 0. The topological polar surface area (TPSA) is 29.1 Å². The van der Waals surface area contributed by atoms with Gasteiger partial charge < -0.3 is 4.74 Å². The fourth-order valence-electron chi connectivity index (χ4n) is 0.185. The van der Waals surface area contributed by atoms with Gasteiger partial charge in [-0.2, -0.15) is 0 Å². The van der Waals surface area contributed by atoms with Gasteiger partial charge in [0, 0.05) is 0 Å². The first-order valence-electron chi connectivity index (χ1n) is 1.99. The second-order valence-corrected chi connectivity index (χ2v) is 1.03. The molecule has 0 spiro atoms. The van der Waals surface area contributed by atoms with Gasteiger partial charge in [0.15, 0.2) is 0 Å². The number of hydrogen-bond acceptors (Lipinski definition) is 1. The van der Waals surface area contributed by atoms with Crippen molar-refractivity contribution >= 4 is 0 Å². The van der Waals surface area contributed by atoms with E-state index in [1.807, 2.05) is 0 Å². The molecule has 0 atom stereocenters. The van der Waals surface area contributed by atoms with Crippen LogP contribution in [0.25, 0.3) is 0 Å². The third kappa shape index (κ3) is 0.412. The summed E-state index contributed by atoms with van der Waals surface area (Å²) in [5.41, 5.74) is 0. The van der Waals surface area contributed by atoms with Gasteiger partial charge in [0.25, 0.3) is 0 Å². The zero-order chi connectivity index (χ0) is 4.62. The lowest BCUT2D eigenvalue weighted by Gasteiger charge is -2.16. The Hall–Kier alpha value is -0.0800. The Morgan fingerprint density at radius 3 is 2.40 bits per heavy atom. The molecule has 0 bridgehead atoms. The van der Waals surface area contributed by atoms with Crippen LogP contribution in [0.3, 0.4) is 0 Å². The fourth-order valence-corrected chi connectivity index (χ4v) is 0.185. The molecule has 0 saturated carbocycles. The maximum atomic E-state index is 10.1. The average molecular weight is 74.1 g/mol. The molecule has 0 unspecified atom stereocenters. The molecule has 0 N–H and O–H groups in total. The lowest BCUT2D eigenvalue weighted by atomic mass is 10.3. The highest BCUT2D eigenvalue weighted by Crippen LogP contribution is 1.97. The minimum absolute atomic E-state index is 0.0625. The molecule has 2 heteroatoms. The minimum Gasteiger partial charge on any atom is -0.376 e. The van der Waals surface area contributed by atoms with Crippen molar-refractivity contribution in [2.45, 2.75) is 6.08 Å². The van der Waals surface area contributed by atoms with Crippen LogP contribution >= 0.6 is 0 Å². The lowest BCUT2D eigenvalue weighted by molar-refractivity contribution is -0.126. The molecule has 1 rings (SSSR count). The third-order valence-corrected chi connectivity index (χ3v) is 0.526. The summed E-state index contributed by atoms with van der Waals surface area (Å²) in [5, 5.41) is 10.1. The average Bonchev–Trinajstić information content (AvgIpc) is 1.32. The largest absolute Gasteiger partial charge is 0.376 e. The van der Waals surface area contributed by atoms with Gasteiger partial charge in [-0.15, -0.1) is 0 Å². The summed E-state index contributed by atoms with van der Waals surface area (Å²) in [6.45, 7) is 0.125. The predicted octanol–water partition coefficient (Wildman–Crippen LogP) is -0.184. The van der Waals surface area contributed by atoms with E-state index in [1.165, 1.54) is 0 Å². The molecule has 1 fully saturated rings. The third-order valence-electron chi connectivity index (χ3n) is 0.526. The predicted molar refractivity (Wildman–Crippen MR) is 15.3 cm³/mol. The number of hydrogen-bond donors (Lipinski definition) is 0. The molecule has 0 aromatic carbocycles. The smallest absolute Gasteiger partial charge is 0.139 e. The molecular formula is C3H5O2. The molecule has 1 aliphatic rings. The summed E-state index contributed by atoms with van der Waals surface area (Å²) in [6.07, 6.45) is -1.50. The van der Waals surface area contributed by atoms with E-state index in [-0.39, 0.29) is 13.2 Å². The molecule has 1 radical (unpaired) electrons. The standard InChI is InChI=1S/C3H5O2/c4-3-1-5-2-3/h3H,1-2H2/i3D. The Kier molecular flexibility index (Phi) is 0.411. The van der Waals surface area contributed by atoms with Crippen molar-refractivity contribution in [3.63, 3.8) is 0 Å². The van der Waals surface area contributed by atoms with E-state index in [4.69, 9.17) is 1.37 Å². The van der Waals surface area contributed by atoms with Gasteiger partial charge in [0.1, 0.15) is 6.08 Å². The first-order chi connectivity index (χ1) is 2.71. The van der Waals surface area contributed by atoms with Crippen LogP contribution < -0.4 is 0 Å². The summed E-state index contributed by atoms with van der Waals surface area (Å²) < 4.78 is 11.0. The van der Waals surface area contributed by atoms with Crippen LogP contribution in [0.15, 0.2) is 0 Å². The Morgan fingerprint density at radius 1 is 2.00 bits per heavy atom. The van der Waals surface area contributed by atoms with Crippen molar-refractivity contribution in [1.82, 2.24) is 0 Å². The van der Waals surface area contributed by atoms with Crippen LogP contribution in [0.2, 0.25) is 0 Å². The van der Waals surface area contributed by atoms with E-state index in [0.29, 0.717) is 0 Å². The van der Waals surface area contributed by atoms with E-state index in [1.54, 1.807) is 0 Å². The summed E-state index contributed by atoms with van der Waals surface area (Å²) in [5.74, 6) is 0. The molecule has 0 aliphatic carbocycles. The highest BCUT2D eigenvalue weighted by atomic mass is 16.5. The highest BCUT2D eigenvalue weighted by molar-refractivity contribution is 4.58. The zero-order valence-electron chi connectivity index (χ0n) is 3.73. The van der Waals surface area contributed by atoms with E-state index >= 15 is 0 Å². The van der Waals surface area contributed by atoms with Gasteiger partial charge in [-0.3, -0.25) is 0 Å². The van der Waals surface area contributed by atoms with Gasteiger partial charge in [-0.05, 0) is 0 Å². The Labute approximate surface area is 31.8 Å². The quantitative estimate of drug-likeness (QED) is 0.391. The molecule has 0 amide bonds. The summed E-state index contributed by atoms with van der Waals surface area (Å²) in [6, 6.07) is 0. The SMILES string of the molecule is [2H]C1([O])COC1. The molecule has 5 heavy (non-hydrogen) atoms. The second-order valence-electron chi connectivity index (χ2n) is 1.03. The summed E-state index contributed by atoms with van der Waals surface area (Å²) in [4.78, 5) is 0. The van der Waals surface area contributed by atoms with Gasteiger partial charge in [0.05, 0.1) is 14.6 Å². The number of rotatable bonds is 0. The second kappa shape index (κ2) is 0.954. The van der Waals surface area contributed by atoms with E-state index in [2.05, 4.69) is 4.74 Å². The van der Waals surface area contributed by atoms with Gasteiger partial charge in [-0.1, -0.05) is 0 Å². The number of ether oxygens (including phenoxy) is 1. The molecule has 2 nitrogen and oxygen atoms in total. The maximum Gasteiger partial charge on any atom is 0.139 e. The maximum absolute atomic E-state index is 10.1. The Morgan fingerprint density at radius 2 is 2.40 bits per heavy atom. The van der Waals surface area contributed by atoms with Crippen molar-refractivity contribution in [2.75, 3.05) is 13.2 Å². The molecule has 29 valence electrons. The first-order valence-corrected chi connectivity index (χ1v) is 1.49. The van der Waals surface area contributed by atoms with Crippen LogP contribution in [0, 0.1) is 0 Å². The normalized spacial score (nSPS) is 35.0. The Bertz CT molecular complexity index is 55.8. The van der Waals surface area contributed by atoms with E-state index in [0.717, 1.165) is 0 Å². The minimum atomic E-state index is -1.50. The molecular weight excluding hydrogens is 68.0 g/mol. The van der Waals surface area contributed by atoms with Gasteiger partial charge in [0.2, 0.25) is 0 Å².